The normalized spacial score (nSPS) is 23.5. The quantitative estimate of drug-likeness (QED) is 0.581. The van der Waals surface area contributed by atoms with Crippen molar-refractivity contribution in [2.45, 2.75) is 51.7 Å². The van der Waals surface area contributed by atoms with Crippen molar-refractivity contribution in [2.24, 2.45) is 17.8 Å². The molecule has 31 heavy (non-hydrogen) atoms. The topological polar surface area (TPSA) is 103 Å². The standard InChI is InChI=1S/C23H32N2O6/c1-13(20-8-15-5-6-16(20)7-15)25-22(27)14(2)31-21(26)12-24-23(28)17-9-18(29-3)11-19(10-17)30-4/h9-11,13-16,20H,5-8,12H2,1-4H3,(H,24,28)(H,25,27)/t13-,14+,15+,16+,20+/m0/s1. The summed E-state index contributed by atoms with van der Waals surface area (Å²) < 4.78 is 15.5. The highest BCUT2D eigenvalue weighted by Gasteiger charge is 2.42. The lowest BCUT2D eigenvalue weighted by Crippen LogP contribution is -2.45. The van der Waals surface area contributed by atoms with Crippen LogP contribution in [0, 0.1) is 17.8 Å². The Morgan fingerprint density at radius 3 is 2.26 bits per heavy atom. The third-order valence-corrected chi connectivity index (χ3v) is 6.49. The van der Waals surface area contributed by atoms with E-state index in [9.17, 15) is 14.4 Å². The number of fused-ring (bicyclic) bond motifs is 2. The molecule has 2 fully saturated rings. The van der Waals surface area contributed by atoms with E-state index in [0.717, 1.165) is 5.92 Å². The van der Waals surface area contributed by atoms with Crippen LogP contribution in [0.15, 0.2) is 18.2 Å². The number of hydrogen-bond donors (Lipinski definition) is 2. The lowest BCUT2D eigenvalue weighted by atomic mass is 9.84. The highest BCUT2D eigenvalue weighted by atomic mass is 16.5. The van der Waals surface area contributed by atoms with E-state index in [0.29, 0.717) is 23.3 Å². The zero-order valence-corrected chi connectivity index (χ0v) is 18.6. The number of methoxy groups -OCH3 is 2. The van der Waals surface area contributed by atoms with Crippen LogP contribution in [0.4, 0.5) is 0 Å². The van der Waals surface area contributed by atoms with Gasteiger partial charge in [0.15, 0.2) is 6.10 Å². The molecule has 170 valence electrons. The maximum absolute atomic E-state index is 12.4. The highest BCUT2D eigenvalue weighted by molar-refractivity contribution is 5.97. The number of rotatable bonds is 9. The van der Waals surface area contributed by atoms with E-state index in [1.807, 2.05) is 6.92 Å². The lowest BCUT2D eigenvalue weighted by Gasteiger charge is -2.29. The minimum absolute atomic E-state index is 0.0618. The second kappa shape index (κ2) is 10.0. The maximum atomic E-state index is 12.4. The molecule has 2 aliphatic rings. The molecule has 0 aromatic heterocycles. The molecule has 2 amide bonds. The van der Waals surface area contributed by atoms with Gasteiger partial charge in [0.1, 0.15) is 18.0 Å². The molecule has 8 nitrogen and oxygen atoms in total. The maximum Gasteiger partial charge on any atom is 0.326 e. The van der Waals surface area contributed by atoms with E-state index in [1.165, 1.54) is 59.0 Å². The van der Waals surface area contributed by atoms with Gasteiger partial charge in [-0.2, -0.15) is 0 Å². The van der Waals surface area contributed by atoms with Crippen LogP contribution < -0.4 is 20.1 Å². The van der Waals surface area contributed by atoms with Gasteiger partial charge in [-0.05, 0) is 63.0 Å². The Hall–Kier alpha value is -2.77. The predicted molar refractivity (Wildman–Crippen MR) is 114 cm³/mol. The molecule has 2 saturated carbocycles. The van der Waals surface area contributed by atoms with E-state index in [2.05, 4.69) is 10.6 Å². The second-order valence-corrected chi connectivity index (χ2v) is 8.55. The van der Waals surface area contributed by atoms with Crippen LogP contribution in [0.3, 0.4) is 0 Å². The summed E-state index contributed by atoms with van der Waals surface area (Å²) >= 11 is 0. The smallest absolute Gasteiger partial charge is 0.326 e. The Morgan fingerprint density at radius 2 is 1.71 bits per heavy atom. The van der Waals surface area contributed by atoms with Crippen LogP contribution in [0.5, 0.6) is 11.5 Å². The van der Waals surface area contributed by atoms with Crippen molar-refractivity contribution in [2.75, 3.05) is 20.8 Å². The first-order valence-electron chi connectivity index (χ1n) is 10.8. The van der Waals surface area contributed by atoms with Crippen LogP contribution >= 0.6 is 0 Å². The van der Waals surface area contributed by atoms with Gasteiger partial charge in [-0.3, -0.25) is 14.4 Å². The molecule has 0 aliphatic heterocycles. The van der Waals surface area contributed by atoms with Gasteiger partial charge in [-0.25, -0.2) is 0 Å². The number of carbonyl (C=O) groups excluding carboxylic acids is 3. The number of hydrogen-bond acceptors (Lipinski definition) is 6. The van der Waals surface area contributed by atoms with Gasteiger partial charge in [0.2, 0.25) is 0 Å². The van der Waals surface area contributed by atoms with Crippen LogP contribution in [0.2, 0.25) is 0 Å². The van der Waals surface area contributed by atoms with E-state index < -0.39 is 18.0 Å². The summed E-state index contributed by atoms with van der Waals surface area (Å²) in [6.07, 6.45) is 4.07. The Morgan fingerprint density at radius 1 is 1.03 bits per heavy atom. The molecule has 3 rings (SSSR count). The van der Waals surface area contributed by atoms with Crippen molar-refractivity contribution in [1.82, 2.24) is 10.6 Å². The van der Waals surface area contributed by atoms with Crippen LogP contribution in [0.1, 0.15) is 49.9 Å². The Kier molecular flexibility index (Phi) is 7.41. The van der Waals surface area contributed by atoms with Crippen molar-refractivity contribution < 1.29 is 28.6 Å². The predicted octanol–water partition coefficient (Wildman–Crippen LogP) is 2.31. The zero-order chi connectivity index (χ0) is 22.5. The van der Waals surface area contributed by atoms with Gasteiger partial charge in [0.05, 0.1) is 14.2 Å². The summed E-state index contributed by atoms with van der Waals surface area (Å²) in [6, 6.07) is 4.78. The van der Waals surface area contributed by atoms with E-state index in [4.69, 9.17) is 14.2 Å². The Bertz CT molecular complexity index is 804. The van der Waals surface area contributed by atoms with E-state index in [-0.39, 0.29) is 24.1 Å². The molecule has 0 spiro atoms. The van der Waals surface area contributed by atoms with Crippen LogP contribution in [0.25, 0.3) is 0 Å². The molecule has 1 aromatic rings. The molecule has 2 aliphatic carbocycles. The van der Waals surface area contributed by atoms with E-state index >= 15 is 0 Å². The van der Waals surface area contributed by atoms with Crippen molar-refractivity contribution >= 4 is 17.8 Å². The summed E-state index contributed by atoms with van der Waals surface area (Å²) in [5, 5.41) is 5.49. The number of carbonyl (C=O) groups is 3. The number of benzene rings is 1. The molecule has 0 saturated heterocycles. The monoisotopic (exact) mass is 432 g/mol. The van der Waals surface area contributed by atoms with Gasteiger partial charge in [0.25, 0.3) is 11.8 Å². The number of amides is 2. The molecule has 8 heteroatoms. The number of nitrogens with one attached hydrogen (secondary N) is 2. The Labute approximate surface area is 183 Å². The molecule has 1 aromatic carbocycles. The Balaban J connectivity index is 1.44. The third-order valence-electron chi connectivity index (χ3n) is 6.49. The first-order chi connectivity index (χ1) is 14.8. The van der Waals surface area contributed by atoms with Gasteiger partial charge in [0, 0.05) is 17.7 Å². The van der Waals surface area contributed by atoms with Gasteiger partial charge in [-0.15, -0.1) is 0 Å². The minimum atomic E-state index is -0.928. The van der Waals surface area contributed by atoms with Crippen LogP contribution in [-0.4, -0.2) is 50.7 Å². The van der Waals surface area contributed by atoms with Crippen molar-refractivity contribution in [1.29, 1.82) is 0 Å². The average Bonchev–Trinajstić information content (AvgIpc) is 3.40. The number of esters is 1. The fourth-order valence-corrected chi connectivity index (χ4v) is 4.84. The SMILES string of the molecule is COc1cc(OC)cc(C(=O)NCC(=O)O[C@H](C)C(=O)N[C@@H](C)[C@H]2C[C@@H]3CC[C@@H]2C3)c1. The molecular weight excluding hydrogens is 400 g/mol. The van der Waals surface area contributed by atoms with Crippen molar-refractivity contribution in [3.63, 3.8) is 0 Å². The summed E-state index contributed by atoms with van der Waals surface area (Å²) in [5.74, 6) is 1.46. The molecule has 0 unspecified atom stereocenters. The summed E-state index contributed by atoms with van der Waals surface area (Å²) in [6.45, 7) is 3.22. The van der Waals surface area contributed by atoms with Crippen LogP contribution in [-0.2, 0) is 14.3 Å². The average molecular weight is 433 g/mol. The van der Waals surface area contributed by atoms with Gasteiger partial charge < -0.3 is 24.8 Å². The minimum Gasteiger partial charge on any atom is -0.497 e. The molecule has 0 radical (unpaired) electrons. The summed E-state index contributed by atoms with van der Waals surface area (Å²) in [5.41, 5.74) is 0.287. The first kappa shape index (κ1) is 22.9. The second-order valence-electron chi connectivity index (χ2n) is 8.55. The third kappa shape index (κ3) is 5.68. The van der Waals surface area contributed by atoms with Crippen molar-refractivity contribution in [3.05, 3.63) is 23.8 Å². The zero-order valence-electron chi connectivity index (χ0n) is 18.6. The van der Waals surface area contributed by atoms with E-state index in [1.54, 1.807) is 6.07 Å². The fourth-order valence-electron chi connectivity index (χ4n) is 4.84. The first-order valence-corrected chi connectivity index (χ1v) is 10.8. The molecule has 2 bridgehead atoms. The molecule has 2 N–H and O–H groups in total. The molecule has 5 atom stereocenters. The van der Waals surface area contributed by atoms with Crippen molar-refractivity contribution in [3.8, 4) is 11.5 Å². The summed E-state index contributed by atoms with van der Waals surface area (Å²) in [4.78, 5) is 36.9. The fraction of sp³-hybridized carbons (Fsp3) is 0.609. The van der Waals surface area contributed by atoms with Gasteiger partial charge in [-0.1, -0.05) is 6.42 Å². The molecular formula is C23H32N2O6. The summed E-state index contributed by atoms with van der Waals surface area (Å²) in [7, 11) is 2.97. The lowest BCUT2D eigenvalue weighted by molar-refractivity contribution is -0.154. The largest absolute Gasteiger partial charge is 0.497 e. The number of ether oxygens (including phenoxy) is 3. The highest BCUT2D eigenvalue weighted by Crippen LogP contribution is 2.49. The van der Waals surface area contributed by atoms with Gasteiger partial charge >= 0.3 is 5.97 Å². The molecule has 0 heterocycles.